The van der Waals surface area contributed by atoms with E-state index in [0.29, 0.717) is 11.5 Å². The third-order valence-corrected chi connectivity index (χ3v) is 2.32. The first-order chi connectivity index (χ1) is 8.68. The van der Waals surface area contributed by atoms with E-state index in [1.54, 1.807) is 25.1 Å². The number of halogens is 1. The molecule has 2 aromatic rings. The number of amides is 1. The molecule has 0 unspecified atom stereocenters. The molecule has 0 aliphatic rings. The van der Waals surface area contributed by atoms with E-state index in [2.05, 4.69) is 10.5 Å². The number of rotatable bonds is 3. The van der Waals surface area contributed by atoms with Crippen LogP contribution in [0.3, 0.4) is 0 Å². The lowest BCUT2D eigenvalue weighted by Gasteiger charge is -2.02. The lowest BCUT2D eigenvalue weighted by molar-refractivity contribution is 0.0951. The number of furan rings is 1. The van der Waals surface area contributed by atoms with Gasteiger partial charge in [0.15, 0.2) is 0 Å². The van der Waals surface area contributed by atoms with Crippen LogP contribution in [0.5, 0.6) is 0 Å². The maximum atomic E-state index is 13.3. The molecule has 0 atom stereocenters. The Bertz CT molecular complexity index is 576. The van der Waals surface area contributed by atoms with Gasteiger partial charge in [-0.05, 0) is 31.2 Å². The smallest absolute Gasteiger partial charge is 0.274 e. The second-order valence-electron chi connectivity index (χ2n) is 3.60. The van der Waals surface area contributed by atoms with E-state index in [1.165, 1.54) is 24.5 Å². The Kier molecular flexibility index (Phi) is 3.52. The fourth-order valence-corrected chi connectivity index (χ4v) is 1.38. The summed E-state index contributed by atoms with van der Waals surface area (Å²) in [6.45, 7) is 1.68. The topological polar surface area (TPSA) is 54.6 Å². The minimum absolute atomic E-state index is 0.0477. The largest absolute Gasteiger partial charge is 0.463 e. The first-order valence-corrected chi connectivity index (χ1v) is 5.31. The molecule has 0 saturated carbocycles. The summed E-state index contributed by atoms with van der Waals surface area (Å²) in [7, 11) is 0. The molecular formula is C13H11FN2O2. The van der Waals surface area contributed by atoms with Gasteiger partial charge in [0.2, 0.25) is 0 Å². The highest BCUT2D eigenvalue weighted by Crippen LogP contribution is 2.06. The fraction of sp³-hybridized carbons (Fsp3) is 0.0769. The summed E-state index contributed by atoms with van der Waals surface area (Å²) in [6, 6.07) is 9.14. The van der Waals surface area contributed by atoms with Gasteiger partial charge in [-0.25, -0.2) is 9.82 Å². The first-order valence-electron chi connectivity index (χ1n) is 5.31. The Labute approximate surface area is 103 Å². The zero-order valence-electron chi connectivity index (χ0n) is 9.68. The molecule has 0 spiro atoms. The van der Waals surface area contributed by atoms with Gasteiger partial charge in [-0.2, -0.15) is 5.10 Å². The van der Waals surface area contributed by atoms with Gasteiger partial charge in [0.25, 0.3) is 5.91 Å². The van der Waals surface area contributed by atoms with Crippen molar-refractivity contribution < 1.29 is 13.6 Å². The van der Waals surface area contributed by atoms with Crippen molar-refractivity contribution in [2.24, 2.45) is 5.10 Å². The highest BCUT2D eigenvalue weighted by Gasteiger charge is 2.10. The Balaban J connectivity index is 2.09. The number of hydrazone groups is 1. The molecule has 1 heterocycles. The van der Waals surface area contributed by atoms with Crippen LogP contribution in [0.2, 0.25) is 0 Å². The van der Waals surface area contributed by atoms with E-state index >= 15 is 0 Å². The van der Waals surface area contributed by atoms with Crippen molar-refractivity contribution >= 4 is 11.6 Å². The van der Waals surface area contributed by atoms with Crippen LogP contribution in [0.1, 0.15) is 23.0 Å². The molecule has 1 amide bonds. The number of nitrogens with one attached hydrogen (secondary N) is 1. The van der Waals surface area contributed by atoms with Crippen LogP contribution in [0.25, 0.3) is 0 Å². The van der Waals surface area contributed by atoms with Crippen LogP contribution < -0.4 is 5.43 Å². The summed E-state index contributed by atoms with van der Waals surface area (Å²) in [5.41, 5.74) is 2.73. The quantitative estimate of drug-likeness (QED) is 0.668. The minimum Gasteiger partial charge on any atom is -0.463 e. The molecule has 0 saturated heterocycles. The molecule has 2 rings (SSSR count). The molecule has 0 aliphatic carbocycles. The molecule has 1 aromatic carbocycles. The average molecular weight is 246 g/mol. The van der Waals surface area contributed by atoms with Gasteiger partial charge in [0.05, 0.1) is 11.8 Å². The van der Waals surface area contributed by atoms with Gasteiger partial charge in [-0.1, -0.05) is 12.1 Å². The average Bonchev–Trinajstić information content (AvgIpc) is 2.90. The highest BCUT2D eigenvalue weighted by atomic mass is 19.1. The van der Waals surface area contributed by atoms with Crippen molar-refractivity contribution in [3.8, 4) is 0 Å². The molecule has 1 N–H and O–H groups in total. The number of nitrogens with zero attached hydrogens (tertiary/aromatic N) is 1. The third kappa shape index (κ3) is 2.63. The molecule has 0 bridgehead atoms. The summed E-state index contributed by atoms with van der Waals surface area (Å²) < 4.78 is 18.4. The summed E-state index contributed by atoms with van der Waals surface area (Å²) >= 11 is 0. The van der Waals surface area contributed by atoms with Gasteiger partial charge in [-0.3, -0.25) is 4.79 Å². The van der Waals surface area contributed by atoms with Crippen LogP contribution in [-0.4, -0.2) is 11.6 Å². The van der Waals surface area contributed by atoms with Crippen molar-refractivity contribution in [3.63, 3.8) is 0 Å². The van der Waals surface area contributed by atoms with Gasteiger partial charge in [-0.15, -0.1) is 0 Å². The number of carbonyl (C=O) groups excluding carboxylic acids is 1. The number of hydrogen-bond acceptors (Lipinski definition) is 3. The second-order valence-corrected chi connectivity index (χ2v) is 3.60. The molecule has 0 aliphatic heterocycles. The Hall–Kier alpha value is -2.43. The zero-order chi connectivity index (χ0) is 13.0. The van der Waals surface area contributed by atoms with Crippen LogP contribution in [0.15, 0.2) is 52.2 Å². The molecule has 4 nitrogen and oxygen atoms in total. The van der Waals surface area contributed by atoms with E-state index < -0.39 is 11.7 Å². The normalized spacial score (nSPS) is 11.3. The van der Waals surface area contributed by atoms with Crippen molar-refractivity contribution in [2.45, 2.75) is 6.92 Å². The maximum Gasteiger partial charge on any atom is 0.274 e. The lowest BCUT2D eigenvalue weighted by atomic mass is 10.2. The SMILES string of the molecule is C/C(=N\NC(=O)c1ccccc1F)c1ccco1. The van der Waals surface area contributed by atoms with Gasteiger partial charge in [0.1, 0.15) is 17.3 Å². The van der Waals surface area contributed by atoms with Gasteiger partial charge in [0, 0.05) is 0 Å². The van der Waals surface area contributed by atoms with Crippen molar-refractivity contribution in [1.29, 1.82) is 0 Å². The number of hydrogen-bond donors (Lipinski definition) is 1. The Morgan fingerprint density at radius 1 is 1.28 bits per heavy atom. The van der Waals surface area contributed by atoms with E-state index in [9.17, 15) is 9.18 Å². The van der Waals surface area contributed by atoms with Crippen molar-refractivity contribution in [2.75, 3.05) is 0 Å². The molecule has 1 aromatic heterocycles. The third-order valence-electron chi connectivity index (χ3n) is 2.32. The van der Waals surface area contributed by atoms with Crippen molar-refractivity contribution in [3.05, 3.63) is 59.8 Å². The monoisotopic (exact) mass is 246 g/mol. The first kappa shape index (κ1) is 12.0. The lowest BCUT2D eigenvalue weighted by Crippen LogP contribution is -2.20. The molecule has 0 fully saturated rings. The predicted octanol–water partition coefficient (Wildman–Crippen LogP) is 2.57. The Morgan fingerprint density at radius 3 is 2.72 bits per heavy atom. The van der Waals surface area contributed by atoms with Crippen LogP contribution in [0.4, 0.5) is 4.39 Å². The van der Waals surface area contributed by atoms with E-state index in [-0.39, 0.29) is 5.56 Å². The number of carbonyl (C=O) groups is 1. The maximum absolute atomic E-state index is 13.3. The molecule has 18 heavy (non-hydrogen) atoms. The molecular weight excluding hydrogens is 235 g/mol. The fourth-order valence-electron chi connectivity index (χ4n) is 1.38. The zero-order valence-corrected chi connectivity index (χ0v) is 9.68. The van der Waals surface area contributed by atoms with Crippen LogP contribution >= 0.6 is 0 Å². The van der Waals surface area contributed by atoms with Crippen LogP contribution in [0, 0.1) is 5.82 Å². The van der Waals surface area contributed by atoms with E-state index in [0.717, 1.165) is 0 Å². The molecule has 92 valence electrons. The van der Waals surface area contributed by atoms with Gasteiger partial charge < -0.3 is 4.42 Å². The van der Waals surface area contributed by atoms with E-state index in [1.807, 2.05) is 0 Å². The van der Waals surface area contributed by atoms with Crippen molar-refractivity contribution in [1.82, 2.24) is 5.43 Å². The molecule has 5 heteroatoms. The summed E-state index contributed by atoms with van der Waals surface area (Å²) in [5, 5.41) is 3.84. The van der Waals surface area contributed by atoms with E-state index in [4.69, 9.17) is 4.42 Å². The summed E-state index contributed by atoms with van der Waals surface area (Å²) in [5.74, 6) is -0.635. The summed E-state index contributed by atoms with van der Waals surface area (Å²) in [4.78, 5) is 11.7. The minimum atomic E-state index is -0.598. The standard InChI is InChI=1S/C13H11FN2O2/c1-9(12-7-4-8-18-12)15-16-13(17)10-5-2-3-6-11(10)14/h2-8H,1H3,(H,16,17)/b15-9+. The molecule has 0 radical (unpaired) electrons. The predicted molar refractivity (Wildman–Crippen MR) is 64.8 cm³/mol. The Morgan fingerprint density at radius 2 is 2.06 bits per heavy atom. The number of benzene rings is 1. The van der Waals surface area contributed by atoms with Gasteiger partial charge >= 0.3 is 0 Å². The summed E-state index contributed by atoms with van der Waals surface area (Å²) in [6.07, 6.45) is 1.51. The highest BCUT2D eigenvalue weighted by molar-refractivity contribution is 5.99. The second kappa shape index (κ2) is 5.27. The van der Waals surface area contributed by atoms with Crippen LogP contribution in [-0.2, 0) is 0 Å².